The number of pyridine rings is 1. The zero-order valence-corrected chi connectivity index (χ0v) is 9.07. The number of hydrogen-bond acceptors (Lipinski definition) is 4. The van der Waals surface area contributed by atoms with Crippen molar-refractivity contribution in [2.24, 2.45) is 0 Å². The molecule has 1 fully saturated rings. The van der Waals surface area contributed by atoms with E-state index in [9.17, 15) is 0 Å². The fourth-order valence-electron chi connectivity index (χ4n) is 1.71. The van der Waals surface area contributed by atoms with Crippen LogP contribution in [0.15, 0.2) is 18.3 Å². The molecule has 0 atom stereocenters. The Morgan fingerprint density at radius 2 is 2.20 bits per heavy atom. The number of aromatic nitrogens is 1. The first kappa shape index (κ1) is 10.2. The van der Waals surface area contributed by atoms with Crippen LogP contribution in [0.3, 0.4) is 0 Å². The van der Waals surface area contributed by atoms with Crippen molar-refractivity contribution in [2.45, 2.75) is 6.92 Å². The Labute approximate surface area is 90.3 Å². The molecule has 0 aromatic carbocycles. The van der Waals surface area contributed by atoms with Crippen molar-refractivity contribution < 1.29 is 4.74 Å². The number of ether oxygens (including phenoxy) is 1. The number of piperazine rings is 1. The molecule has 2 rings (SSSR count). The molecule has 4 heteroatoms. The Bertz CT molecular complexity index is 293. The predicted octanol–water partition coefficient (Wildman–Crippen LogP) is 0.890. The normalized spacial score (nSPS) is 16.5. The highest BCUT2D eigenvalue weighted by atomic mass is 16.5. The summed E-state index contributed by atoms with van der Waals surface area (Å²) in [5, 5.41) is 3.32. The molecule has 0 radical (unpaired) electrons. The molecule has 0 aliphatic carbocycles. The quantitative estimate of drug-likeness (QED) is 0.798. The van der Waals surface area contributed by atoms with Crippen molar-refractivity contribution in [1.82, 2.24) is 10.3 Å². The lowest BCUT2D eigenvalue weighted by molar-refractivity contribution is 0.339. The molecule has 0 spiro atoms. The van der Waals surface area contributed by atoms with Gasteiger partial charge in [0, 0.05) is 26.2 Å². The minimum absolute atomic E-state index is 0.689. The Morgan fingerprint density at radius 3 is 2.80 bits per heavy atom. The number of anilines is 1. The first-order valence-electron chi connectivity index (χ1n) is 5.44. The van der Waals surface area contributed by atoms with Gasteiger partial charge in [-0.25, -0.2) is 4.98 Å². The van der Waals surface area contributed by atoms with E-state index in [0.29, 0.717) is 6.61 Å². The third-order valence-corrected chi connectivity index (χ3v) is 2.47. The number of hydrogen-bond donors (Lipinski definition) is 1. The molecule has 0 unspecified atom stereocenters. The SMILES string of the molecule is CCOc1ccc(N2CCNCC2)nc1. The van der Waals surface area contributed by atoms with Gasteiger partial charge in [-0.15, -0.1) is 0 Å². The van der Waals surface area contributed by atoms with E-state index >= 15 is 0 Å². The van der Waals surface area contributed by atoms with Crippen LogP contribution in [0, 0.1) is 0 Å². The highest BCUT2D eigenvalue weighted by molar-refractivity contribution is 5.41. The molecule has 0 bridgehead atoms. The zero-order valence-electron chi connectivity index (χ0n) is 9.07. The summed E-state index contributed by atoms with van der Waals surface area (Å²) in [4.78, 5) is 6.68. The van der Waals surface area contributed by atoms with Gasteiger partial charge in [-0.3, -0.25) is 0 Å². The minimum Gasteiger partial charge on any atom is -0.492 e. The summed E-state index contributed by atoms with van der Waals surface area (Å²) >= 11 is 0. The van der Waals surface area contributed by atoms with E-state index in [1.807, 2.05) is 19.1 Å². The third kappa shape index (κ3) is 2.59. The maximum atomic E-state index is 5.35. The van der Waals surface area contributed by atoms with Crippen LogP contribution in [0.5, 0.6) is 5.75 Å². The summed E-state index contributed by atoms with van der Waals surface area (Å²) in [7, 11) is 0. The summed E-state index contributed by atoms with van der Waals surface area (Å²) in [6, 6.07) is 4.00. The molecule has 4 nitrogen and oxygen atoms in total. The largest absolute Gasteiger partial charge is 0.492 e. The molecule has 1 aromatic heterocycles. The monoisotopic (exact) mass is 207 g/mol. The Morgan fingerprint density at radius 1 is 1.40 bits per heavy atom. The Hall–Kier alpha value is -1.29. The highest BCUT2D eigenvalue weighted by Gasteiger charge is 2.10. The second-order valence-corrected chi connectivity index (χ2v) is 3.52. The summed E-state index contributed by atoms with van der Waals surface area (Å²) in [5.41, 5.74) is 0. The van der Waals surface area contributed by atoms with Crippen molar-refractivity contribution in [3.63, 3.8) is 0 Å². The summed E-state index contributed by atoms with van der Waals surface area (Å²) in [6.45, 7) is 6.80. The van der Waals surface area contributed by atoms with Crippen LogP contribution in [-0.4, -0.2) is 37.8 Å². The van der Waals surface area contributed by atoms with Crippen molar-refractivity contribution >= 4 is 5.82 Å². The van der Waals surface area contributed by atoms with Crippen LogP contribution in [0.4, 0.5) is 5.82 Å². The molecule has 1 aliphatic rings. The second kappa shape index (κ2) is 4.98. The third-order valence-electron chi connectivity index (χ3n) is 2.47. The lowest BCUT2D eigenvalue weighted by atomic mass is 10.3. The van der Waals surface area contributed by atoms with Gasteiger partial charge in [0.25, 0.3) is 0 Å². The molecule has 1 aromatic rings. The predicted molar refractivity (Wildman–Crippen MR) is 60.5 cm³/mol. The average molecular weight is 207 g/mol. The number of nitrogens with one attached hydrogen (secondary N) is 1. The lowest BCUT2D eigenvalue weighted by Gasteiger charge is -2.28. The maximum absolute atomic E-state index is 5.35. The van der Waals surface area contributed by atoms with Crippen LogP contribution >= 0.6 is 0 Å². The van der Waals surface area contributed by atoms with Gasteiger partial charge in [0.15, 0.2) is 0 Å². The van der Waals surface area contributed by atoms with Gasteiger partial charge >= 0.3 is 0 Å². The molecular formula is C11H17N3O. The van der Waals surface area contributed by atoms with Crippen LogP contribution in [0.2, 0.25) is 0 Å². The minimum atomic E-state index is 0.689. The van der Waals surface area contributed by atoms with E-state index < -0.39 is 0 Å². The molecule has 2 heterocycles. The van der Waals surface area contributed by atoms with E-state index in [1.54, 1.807) is 6.20 Å². The van der Waals surface area contributed by atoms with Crippen molar-refractivity contribution in [3.05, 3.63) is 18.3 Å². The summed E-state index contributed by atoms with van der Waals surface area (Å²) < 4.78 is 5.35. The molecular weight excluding hydrogens is 190 g/mol. The van der Waals surface area contributed by atoms with Crippen LogP contribution in [-0.2, 0) is 0 Å². The first-order chi connectivity index (χ1) is 7.40. The van der Waals surface area contributed by atoms with Crippen molar-refractivity contribution in [3.8, 4) is 5.75 Å². The van der Waals surface area contributed by atoms with E-state index in [1.165, 1.54) is 0 Å². The van der Waals surface area contributed by atoms with Gasteiger partial charge in [0.2, 0.25) is 0 Å². The Balaban J connectivity index is 2.02. The van der Waals surface area contributed by atoms with Crippen LogP contribution < -0.4 is 15.0 Å². The van der Waals surface area contributed by atoms with Gasteiger partial charge in [-0.05, 0) is 19.1 Å². The van der Waals surface area contributed by atoms with Crippen LogP contribution in [0.1, 0.15) is 6.92 Å². The average Bonchev–Trinajstić information content (AvgIpc) is 2.32. The number of nitrogens with zero attached hydrogens (tertiary/aromatic N) is 2. The summed E-state index contributed by atoms with van der Waals surface area (Å²) in [6.07, 6.45) is 1.79. The molecule has 0 saturated carbocycles. The second-order valence-electron chi connectivity index (χ2n) is 3.52. The molecule has 1 saturated heterocycles. The van der Waals surface area contributed by atoms with Gasteiger partial charge in [-0.1, -0.05) is 0 Å². The molecule has 1 aliphatic heterocycles. The molecule has 82 valence electrons. The zero-order chi connectivity index (χ0) is 10.5. The van der Waals surface area contributed by atoms with Gasteiger partial charge < -0.3 is 15.0 Å². The van der Waals surface area contributed by atoms with Gasteiger partial charge in [0.05, 0.1) is 12.8 Å². The van der Waals surface area contributed by atoms with E-state index in [0.717, 1.165) is 37.7 Å². The fourth-order valence-corrected chi connectivity index (χ4v) is 1.71. The topological polar surface area (TPSA) is 37.4 Å². The molecule has 1 N–H and O–H groups in total. The highest BCUT2D eigenvalue weighted by Crippen LogP contribution is 2.15. The molecule has 15 heavy (non-hydrogen) atoms. The lowest BCUT2D eigenvalue weighted by Crippen LogP contribution is -2.43. The van der Waals surface area contributed by atoms with Crippen LogP contribution in [0.25, 0.3) is 0 Å². The molecule has 0 amide bonds. The number of rotatable bonds is 3. The smallest absolute Gasteiger partial charge is 0.137 e. The van der Waals surface area contributed by atoms with Crippen molar-refractivity contribution in [2.75, 3.05) is 37.7 Å². The van der Waals surface area contributed by atoms with Gasteiger partial charge in [0.1, 0.15) is 11.6 Å². The maximum Gasteiger partial charge on any atom is 0.137 e. The van der Waals surface area contributed by atoms with E-state index in [2.05, 4.69) is 15.2 Å². The Kier molecular flexibility index (Phi) is 3.40. The van der Waals surface area contributed by atoms with E-state index in [4.69, 9.17) is 4.74 Å². The summed E-state index contributed by atoms with van der Waals surface area (Å²) in [5.74, 6) is 1.89. The first-order valence-corrected chi connectivity index (χ1v) is 5.44. The van der Waals surface area contributed by atoms with Gasteiger partial charge in [-0.2, -0.15) is 0 Å². The fraction of sp³-hybridized carbons (Fsp3) is 0.545. The van der Waals surface area contributed by atoms with Crippen molar-refractivity contribution in [1.29, 1.82) is 0 Å². The van der Waals surface area contributed by atoms with E-state index in [-0.39, 0.29) is 0 Å². The standard InChI is InChI=1S/C11H17N3O/c1-2-15-10-3-4-11(13-9-10)14-7-5-12-6-8-14/h3-4,9,12H,2,5-8H2,1H3.